The first-order chi connectivity index (χ1) is 9.94. The number of hydrogen-bond donors (Lipinski definition) is 1. The fourth-order valence-electron chi connectivity index (χ4n) is 3.15. The van der Waals surface area contributed by atoms with Crippen molar-refractivity contribution in [3.8, 4) is 0 Å². The third-order valence-electron chi connectivity index (χ3n) is 4.48. The summed E-state index contributed by atoms with van der Waals surface area (Å²) in [4.78, 5) is 0. The Labute approximate surface area is 129 Å². The monoisotopic (exact) mass is 309 g/mol. The normalized spacial score (nSPS) is 23.1. The lowest BCUT2D eigenvalue weighted by molar-refractivity contribution is 0.247. The van der Waals surface area contributed by atoms with Gasteiger partial charge in [0, 0.05) is 12.8 Å². The predicted molar refractivity (Wildman–Crippen MR) is 87.8 cm³/mol. The van der Waals surface area contributed by atoms with Crippen molar-refractivity contribution in [3.05, 3.63) is 35.4 Å². The van der Waals surface area contributed by atoms with E-state index in [0.717, 1.165) is 30.5 Å². The number of hydrogen-bond acceptors (Lipinski definition) is 3. The highest BCUT2D eigenvalue weighted by Crippen LogP contribution is 2.28. The summed E-state index contributed by atoms with van der Waals surface area (Å²) in [5.74, 6) is 1.77. The van der Waals surface area contributed by atoms with Crippen LogP contribution in [0.25, 0.3) is 0 Å². The van der Waals surface area contributed by atoms with Crippen LogP contribution in [0.4, 0.5) is 0 Å². The van der Waals surface area contributed by atoms with Crippen LogP contribution in [0, 0.1) is 11.8 Å². The first kappa shape index (κ1) is 16.5. The van der Waals surface area contributed by atoms with E-state index >= 15 is 0 Å². The van der Waals surface area contributed by atoms with Gasteiger partial charge in [0.2, 0.25) is 0 Å². The van der Waals surface area contributed by atoms with Gasteiger partial charge in [-0.2, -0.15) is 0 Å². The molecule has 1 aliphatic carbocycles. The molecule has 0 amide bonds. The van der Waals surface area contributed by atoms with E-state index < -0.39 is 9.84 Å². The topological polar surface area (TPSA) is 46.2 Å². The minimum absolute atomic E-state index is 0.125. The predicted octanol–water partition coefficient (Wildman–Crippen LogP) is 3.15. The van der Waals surface area contributed by atoms with E-state index in [9.17, 15) is 8.42 Å². The van der Waals surface area contributed by atoms with Gasteiger partial charge < -0.3 is 5.32 Å². The number of benzene rings is 1. The molecule has 0 aromatic heterocycles. The Morgan fingerprint density at radius 2 is 1.71 bits per heavy atom. The van der Waals surface area contributed by atoms with Crippen LogP contribution in [0.15, 0.2) is 24.3 Å². The molecule has 1 aromatic carbocycles. The molecule has 1 N–H and O–H groups in total. The molecule has 0 aliphatic heterocycles. The summed E-state index contributed by atoms with van der Waals surface area (Å²) < 4.78 is 22.5. The van der Waals surface area contributed by atoms with Crippen LogP contribution in [0.3, 0.4) is 0 Å². The summed E-state index contributed by atoms with van der Waals surface area (Å²) in [5, 5.41) is 3.55. The summed E-state index contributed by atoms with van der Waals surface area (Å²) in [6.45, 7) is 4.32. The molecule has 0 saturated heterocycles. The second-order valence-electron chi connectivity index (χ2n) is 6.54. The highest BCUT2D eigenvalue weighted by atomic mass is 32.2. The smallest absolute Gasteiger partial charge is 0.151 e. The second kappa shape index (κ2) is 7.41. The minimum atomic E-state index is -2.94. The van der Waals surface area contributed by atoms with Crippen LogP contribution < -0.4 is 5.32 Å². The van der Waals surface area contributed by atoms with Crippen molar-refractivity contribution in [2.24, 2.45) is 11.8 Å². The third-order valence-corrected chi connectivity index (χ3v) is 5.33. The van der Waals surface area contributed by atoms with Crippen LogP contribution >= 0.6 is 0 Å². The molecule has 1 fully saturated rings. The van der Waals surface area contributed by atoms with Gasteiger partial charge in [0.1, 0.15) is 0 Å². The van der Waals surface area contributed by atoms with Gasteiger partial charge in [-0.1, -0.05) is 50.5 Å². The molecule has 1 aromatic rings. The SMILES string of the molecule is C[C@H]1CCCC[C@H]1CNCc1ccc(CS(C)(=O)=O)cc1. The molecule has 0 radical (unpaired) electrons. The fourth-order valence-corrected chi connectivity index (χ4v) is 3.95. The molecule has 0 heterocycles. The second-order valence-corrected chi connectivity index (χ2v) is 8.68. The van der Waals surface area contributed by atoms with E-state index in [1.54, 1.807) is 0 Å². The largest absolute Gasteiger partial charge is 0.312 e. The highest BCUT2D eigenvalue weighted by molar-refractivity contribution is 7.89. The van der Waals surface area contributed by atoms with Gasteiger partial charge in [0.05, 0.1) is 5.75 Å². The molecule has 3 nitrogen and oxygen atoms in total. The van der Waals surface area contributed by atoms with Gasteiger partial charge >= 0.3 is 0 Å². The third kappa shape index (κ3) is 5.79. The van der Waals surface area contributed by atoms with Crippen molar-refractivity contribution >= 4 is 9.84 Å². The van der Waals surface area contributed by atoms with Gasteiger partial charge in [0.25, 0.3) is 0 Å². The first-order valence-electron chi connectivity index (χ1n) is 7.90. The average molecular weight is 309 g/mol. The first-order valence-corrected chi connectivity index (χ1v) is 9.96. The summed E-state index contributed by atoms with van der Waals surface area (Å²) >= 11 is 0. The van der Waals surface area contributed by atoms with E-state index in [0.29, 0.717) is 0 Å². The number of nitrogens with one attached hydrogen (secondary N) is 1. The number of sulfone groups is 1. The summed E-state index contributed by atoms with van der Waals surface area (Å²) in [6.07, 6.45) is 6.75. The lowest BCUT2D eigenvalue weighted by Crippen LogP contribution is -2.29. The maximum absolute atomic E-state index is 11.3. The van der Waals surface area contributed by atoms with Crippen molar-refractivity contribution in [2.75, 3.05) is 12.8 Å². The molecular formula is C17H27NO2S. The van der Waals surface area contributed by atoms with Gasteiger partial charge in [-0.05, 0) is 35.9 Å². The molecule has 118 valence electrons. The molecule has 0 bridgehead atoms. The lowest BCUT2D eigenvalue weighted by atomic mass is 9.80. The fraction of sp³-hybridized carbons (Fsp3) is 0.647. The van der Waals surface area contributed by atoms with Crippen LogP contribution in [0.2, 0.25) is 0 Å². The molecule has 0 unspecified atom stereocenters. The zero-order chi connectivity index (χ0) is 15.3. The Balaban J connectivity index is 1.78. The molecule has 1 aliphatic rings. The van der Waals surface area contributed by atoms with Crippen LogP contribution in [-0.2, 0) is 22.1 Å². The lowest BCUT2D eigenvalue weighted by Gasteiger charge is -2.28. The van der Waals surface area contributed by atoms with E-state index in [-0.39, 0.29) is 5.75 Å². The van der Waals surface area contributed by atoms with E-state index in [4.69, 9.17) is 0 Å². The van der Waals surface area contributed by atoms with Gasteiger partial charge in [-0.15, -0.1) is 0 Å². The molecule has 0 spiro atoms. The standard InChI is InChI=1S/C17H27NO2S/c1-14-5-3-4-6-17(14)12-18-11-15-7-9-16(10-8-15)13-21(2,19)20/h7-10,14,17-18H,3-6,11-13H2,1-2H3/t14-,17-/m0/s1. The Bertz CT molecular complexity index is 536. The van der Waals surface area contributed by atoms with Crippen molar-refractivity contribution in [1.82, 2.24) is 5.32 Å². The zero-order valence-corrected chi connectivity index (χ0v) is 14.0. The van der Waals surface area contributed by atoms with Gasteiger partial charge in [-0.3, -0.25) is 0 Å². The maximum atomic E-state index is 11.3. The van der Waals surface area contributed by atoms with Crippen LogP contribution in [0.1, 0.15) is 43.7 Å². The van der Waals surface area contributed by atoms with Gasteiger partial charge in [0.15, 0.2) is 9.84 Å². The maximum Gasteiger partial charge on any atom is 0.151 e. The van der Waals surface area contributed by atoms with Crippen molar-refractivity contribution < 1.29 is 8.42 Å². The minimum Gasteiger partial charge on any atom is -0.312 e. The van der Waals surface area contributed by atoms with Gasteiger partial charge in [-0.25, -0.2) is 8.42 Å². The quantitative estimate of drug-likeness (QED) is 0.878. The van der Waals surface area contributed by atoms with Crippen LogP contribution in [-0.4, -0.2) is 21.2 Å². The molecular weight excluding hydrogens is 282 g/mol. The summed E-state index contributed by atoms with van der Waals surface area (Å²) in [6, 6.07) is 7.89. The molecule has 1 saturated carbocycles. The zero-order valence-electron chi connectivity index (χ0n) is 13.1. The Morgan fingerprint density at radius 3 is 2.33 bits per heavy atom. The van der Waals surface area contributed by atoms with Crippen LogP contribution in [0.5, 0.6) is 0 Å². The van der Waals surface area contributed by atoms with Crippen molar-refractivity contribution in [3.63, 3.8) is 0 Å². The Kier molecular flexibility index (Phi) is 5.82. The van der Waals surface area contributed by atoms with Crippen molar-refractivity contribution in [1.29, 1.82) is 0 Å². The molecule has 4 heteroatoms. The van der Waals surface area contributed by atoms with Crippen molar-refractivity contribution in [2.45, 2.75) is 44.9 Å². The molecule has 2 rings (SSSR count). The summed E-state index contributed by atoms with van der Waals surface area (Å²) in [5.41, 5.74) is 2.08. The molecule has 21 heavy (non-hydrogen) atoms. The number of rotatable bonds is 6. The Hall–Kier alpha value is -0.870. The van der Waals surface area contributed by atoms with E-state index in [2.05, 4.69) is 12.2 Å². The average Bonchev–Trinajstić information content (AvgIpc) is 2.41. The molecule has 2 atom stereocenters. The summed E-state index contributed by atoms with van der Waals surface area (Å²) in [7, 11) is -2.94. The highest BCUT2D eigenvalue weighted by Gasteiger charge is 2.20. The Morgan fingerprint density at radius 1 is 1.10 bits per heavy atom. The van der Waals surface area contributed by atoms with E-state index in [1.165, 1.54) is 37.5 Å². The van der Waals surface area contributed by atoms with E-state index in [1.807, 2.05) is 24.3 Å².